The van der Waals surface area contributed by atoms with Gasteiger partial charge in [-0.3, -0.25) is 14.3 Å². The lowest BCUT2D eigenvalue weighted by atomic mass is 10.1. The topological polar surface area (TPSA) is 99.7 Å². The van der Waals surface area contributed by atoms with Gasteiger partial charge in [-0.15, -0.1) is 0 Å². The van der Waals surface area contributed by atoms with Crippen LogP contribution in [-0.2, 0) is 22.4 Å². The highest BCUT2D eigenvalue weighted by Crippen LogP contribution is 2.33. The summed E-state index contributed by atoms with van der Waals surface area (Å²) in [7, 11) is 1.71. The number of anilines is 1. The molecule has 136 valence electrons. The number of ether oxygens (including phenoxy) is 2. The number of benzene rings is 1. The van der Waals surface area contributed by atoms with Gasteiger partial charge in [0.15, 0.2) is 11.7 Å². The van der Waals surface area contributed by atoms with Crippen LogP contribution in [0.1, 0.15) is 27.8 Å². The minimum Gasteiger partial charge on any atom is -0.489 e. The van der Waals surface area contributed by atoms with Gasteiger partial charge in [0.2, 0.25) is 0 Å². The fourth-order valence-corrected chi connectivity index (χ4v) is 3.55. The predicted molar refractivity (Wildman–Crippen MR) is 93.4 cm³/mol. The lowest BCUT2D eigenvalue weighted by Crippen LogP contribution is -2.36. The van der Waals surface area contributed by atoms with E-state index < -0.39 is 11.9 Å². The second-order valence-electron chi connectivity index (χ2n) is 6.39. The lowest BCUT2D eigenvalue weighted by molar-refractivity contribution is -0.122. The van der Waals surface area contributed by atoms with Crippen LogP contribution in [0.2, 0.25) is 0 Å². The molecule has 8 nitrogen and oxygen atoms in total. The van der Waals surface area contributed by atoms with Crippen LogP contribution in [0.15, 0.2) is 24.3 Å². The number of aromatic nitrogens is 2. The smallest absolute Gasteiger partial charge is 0.269 e. The van der Waals surface area contributed by atoms with E-state index in [0.717, 1.165) is 11.3 Å². The maximum absolute atomic E-state index is 13.1. The molecule has 8 heteroatoms. The van der Waals surface area contributed by atoms with Crippen LogP contribution in [0, 0.1) is 0 Å². The van der Waals surface area contributed by atoms with E-state index in [-0.39, 0.29) is 18.2 Å². The Labute approximate surface area is 150 Å². The van der Waals surface area contributed by atoms with Crippen molar-refractivity contribution in [1.29, 1.82) is 0 Å². The quantitative estimate of drug-likeness (QED) is 0.854. The van der Waals surface area contributed by atoms with Crippen LogP contribution >= 0.6 is 0 Å². The summed E-state index contributed by atoms with van der Waals surface area (Å²) >= 11 is 0. The Morgan fingerprint density at radius 1 is 1.27 bits per heavy atom. The van der Waals surface area contributed by atoms with E-state index in [9.17, 15) is 9.59 Å². The third-order valence-corrected chi connectivity index (χ3v) is 4.87. The average Bonchev–Trinajstić information content (AvgIpc) is 2.78. The summed E-state index contributed by atoms with van der Waals surface area (Å²) in [6.45, 7) is 1.14. The zero-order valence-corrected chi connectivity index (χ0v) is 14.5. The van der Waals surface area contributed by atoms with Crippen molar-refractivity contribution in [3.05, 3.63) is 41.2 Å². The first-order chi connectivity index (χ1) is 12.6. The van der Waals surface area contributed by atoms with Crippen molar-refractivity contribution in [2.75, 3.05) is 31.8 Å². The number of rotatable bonds is 2. The molecule has 26 heavy (non-hydrogen) atoms. The molecule has 2 amide bonds. The van der Waals surface area contributed by atoms with Crippen LogP contribution in [0.3, 0.4) is 0 Å². The number of nitrogens with zero attached hydrogens (tertiary/aromatic N) is 3. The number of carbonyl (C=O) groups is 2. The van der Waals surface area contributed by atoms with Crippen LogP contribution < -0.4 is 15.4 Å². The van der Waals surface area contributed by atoms with Gasteiger partial charge in [-0.25, -0.2) is 0 Å². The summed E-state index contributed by atoms with van der Waals surface area (Å²) in [4.78, 5) is 26.5. The van der Waals surface area contributed by atoms with Gasteiger partial charge in [0.1, 0.15) is 12.4 Å². The number of hydrogen-bond acceptors (Lipinski definition) is 5. The first-order valence-electron chi connectivity index (χ1n) is 8.55. The molecule has 2 N–H and O–H groups in total. The van der Waals surface area contributed by atoms with Crippen molar-refractivity contribution in [3.8, 4) is 5.75 Å². The first-order valence-corrected chi connectivity index (χ1v) is 8.55. The first kappa shape index (κ1) is 16.6. The van der Waals surface area contributed by atoms with Crippen LogP contribution in [0.5, 0.6) is 5.75 Å². The molecule has 1 aromatic heterocycles. The average molecular weight is 356 g/mol. The molecule has 0 radical (unpaired) electrons. The molecule has 0 spiro atoms. The van der Waals surface area contributed by atoms with Gasteiger partial charge >= 0.3 is 0 Å². The predicted octanol–water partition coefficient (Wildman–Crippen LogP) is 0.694. The monoisotopic (exact) mass is 356 g/mol. The molecule has 0 fully saturated rings. The largest absolute Gasteiger partial charge is 0.489 e. The molecular formula is C18H20N4O4. The van der Waals surface area contributed by atoms with E-state index in [4.69, 9.17) is 15.2 Å². The van der Waals surface area contributed by atoms with Crippen molar-refractivity contribution in [1.82, 2.24) is 9.78 Å². The molecule has 0 aliphatic carbocycles. The summed E-state index contributed by atoms with van der Waals surface area (Å²) in [5.74, 6) is -0.107. The second kappa shape index (κ2) is 6.45. The summed E-state index contributed by atoms with van der Waals surface area (Å²) in [5.41, 5.74) is 8.02. The maximum Gasteiger partial charge on any atom is 0.269 e. The number of primary amides is 1. The van der Waals surface area contributed by atoms with Gasteiger partial charge in [0, 0.05) is 24.7 Å². The molecule has 1 aromatic carbocycles. The van der Waals surface area contributed by atoms with E-state index in [1.807, 2.05) is 24.3 Å². The third kappa shape index (κ3) is 2.62. The van der Waals surface area contributed by atoms with Gasteiger partial charge in [-0.2, -0.15) is 5.10 Å². The molecule has 2 aliphatic heterocycles. The summed E-state index contributed by atoms with van der Waals surface area (Å²) in [6.07, 6.45) is 1.11. The maximum atomic E-state index is 13.1. The van der Waals surface area contributed by atoms with Crippen molar-refractivity contribution in [2.45, 2.75) is 18.9 Å². The standard InChI is InChI=1S/C18H20N4O4/c1-21-13-4-2-3-5-15(13)26-10-14(18(21)24)22-12-7-9-25-8-6-11(12)16(20-22)17(19)23/h2-5,14H,6-10H2,1H3,(H2,19,23)/t14-/m0/s1. The number of carbonyl (C=O) groups excluding carboxylic acids is 2. The second-order valence-corrected chi connectivity index (χ2v) is 6.39. The zero-order chi connectivity index (χ0) is 18.3. The van der Waals surface area contributed by atoms with Gasteiger partial charge in [0.25, 0.3) is 11.8 Å². The Morgan fingerprint density at radius 2 is 2.04 bits per heavy atom. The minimum atomic E-state index is -0.674. The molecule has 0 saturated heterocycles. The van der Waals surface area contributed by atoms with Gasteiger partial charge in [-0.05, 0) is 18.6 Å². The molecule has 1 atom stereocenters. The van der Waals surface area contributed by atoms with Crippen molar-refractivity contribution < 1.29 is 19.1 Å². The highest BCUT2D eigenvalue weighted by atomic mass is 16.5. The van der Waals surface area contributed by atoms with Crippen molar-refractivity contribution >= 4 is 17.5 Å². The molecule has 0 bridgehead atoms. The SMILES string of the molecule is CN1C(=O)[C@@H](n2nc(C(N)=O)c3c2CCOCC3)COc2ccccc21. The number of likely N-dealkylation sites (N-methyl/N-ethyl adjacent to an activating group) is 1. The molecular weight excluding hydrogens is 336 g/mol. The van der Waals surface area contributed by atoms with Crippen LogP contribution in [0.4, 0.5) is 5.69 Å². The Balaban J connectivity index is 1.78. The van der Waals surface area contributed by atoms with Gasteiger partial charge in [-0.1, -0.05) is 12.1 Å². The normalized spacial score (nSPS) is 19.8. The van der Waals surface area contributed by atoms with E-state index in [1.54, 1.807) is 16.6 Å². The number of hydrogen-bond donors (Lipinski definition) is 1. The van der Waals surface area contributed by atoms with Gasteiger partial charge < -0.3 is 20.1 Å². The Hall–Kier alpha value is -2.87. The van der Waals surface area contributed by atoms with Crippen LogP contribution in [-0.4, -0.2) is 48.5 Å². The molecule has 2 aliphatic rings. The Morgan fingerprint density at radius 3 is 2.85 bits per heavy atom. The van der Waals surface area contributed by atoms with E-state index >= 15 is 0 Å². The number of nitrogens with two attached hydrogens (primary N) is 1. The molecule has 0 saturated carbocycles. The number of para-hydroxylation sites is 2. The van der Waals surface area contributed by atoms with E-state index in [1.165, 1.54) is 0 Å². The third-order valence-electron chi connectivity index (χ3n) is 4.87. The Bertz CT molecular complexity index is 876. The highest BCUT2D eigenvalue weighted by Gasteiger charge is 2.35. The van der Waals surface area contributed by atoms with E-state index in [0.29, 0.717) is 37.5 Å². The number of fused-ring (bicyclic) bond motifs is 2. The molecule has 3 heterocycles. The fourth-order valence-electron chi connectivity index (χ4n) is 3.55. The zero-order valence-electron chi connectivity index (χ0n) is 14.5. The molecule has 0 unspecified atom stereocenters. The summed E-state index contributed by atoms with van der Waals surface area (Å²) < 4.78 is 13.0. The molecule has 4 rings (SSSR count). The fraction of sp³-hybridized carbons (Fsp3) is 0.389. The van der Waals surface area contributed by atoms with E-state index in [2.05, 4.69) is 5.10 Å². The van der Waals surface area contributed by atoms with Crippen LogP contribution in [0.25, 0.3) is 0 Å². The molecule has 2 aromatic rings. The van der Waals surface area contributed by atoms with Gasteiger partial charge in [0.05, 0.1) is 18.9 Å². The minimum absolute atomic E-state index is 0.132. The number of amides is 2. The van der Waals surface area contributed by atoms with Crippen molar-refractivity contribution in [3.63, 3.8) is 0 Å². The Kier molecular flexibility index (Phi) is 4.12. The highest BCUT2D eigenvalue weighted by molar-refractivity contribution is 5.98. The summed E-state index contributed by atoms with van der Waals surface area (Å²) in [6, 6.07) is 6.71. The lowest BCUT2D eigenvalue weighted by Gasteiger charge is -2.21. The van der Waals surface area contributed by atoms with Crippen molar-refractivity contribution in [2.24, 2.45) is 5.73 Å². The summed E-state index contributed by atoms with van der Waals surface area (Å²) in [5, 5.41) is 4.41.